The van der Waals surface area contributed by atoms with Gasteiger partial charge in [-0.15, -0.1) is 0 Å². The predicted molar refractivity (Wildman–Crippen MR) is 280 cm³/mol. The highest BCUT2D eigenvalue weighted by molar-refractivity contribution is 5.71. The van der Waals surface area contributed by atoms with E-state index in [-0.39, 0.29) is 31.1 Å². The molecule has 386 valence electrons. The molecule has 0 rings (SSSR count). The normalized spacial score (nSPS) is 12.0. The Bertz CT molecular complexity index is 993. The van der Waals surface area contributed by atoms with Crippen molar-refractivity contribution in [3.63, 3.8) is 0 Å². The van der Waals surface area contributed by atoms with Gasteiger partial charge < -0.3 is 14.2 Å². The number of rotatable bonds is 53. The molecule has 0 saturated heterocycles. The van der Waals surface area contributed by atoms with Crippen molar-refractivity contribution in [3.8, 4) is 0 Å². The van der Waals surface area contributed by atoms with E-state index in [0.717, 1.165) is 69.6 Å². The average Bonchev–Trinajstić information content (AvgIpc) is 3.28. The van der Waals surface area contributed by atoms with Crippen molar-refractivity contribution in [3.05, 3.63) is 0 Å². The van der Waals surface area contributed by atoms with Gasteiger partial charge in [-0.3, -0.25) is 14.4 Å². The molecule has 0 bridgehead atoms. The SMILES string of the molecule is CCCCCCCCCCCCCCCCC(=O)O[C@H](COC(=O)CCCCCCCCCCCCCCCCCCCCC(C)C)COC(=O)CCCCCCCCCCCC(C)C. The third-order valence-electron chi connectivity index (χ3n) is 13.5. The number of hydrogen-bond acceptors (Lipinski definition) is 6. The maximum absolute atomic E-state index is 12.8. The van der Waals surface area contributed by atoms with Crippen molar-refractivity contribution in [2.75, 3.05) is 13.2 Å². The second kappa shape index (κ2) is 51.8. The summed E-state index contributed by atoms with van der Waals surface area (Å²) < 4.78 is 16.9. The first-order chi connectivity index (χ1) is 31.7. The average molecular weight is 920 g/mol. The zero-order valence-corrected chi connectivity index (χ0v) is 44.6. The van der Waals surface area contributed by atoms with Gasteiger partial charge in [0.05, 0.1) is 0 Å². The Balaban J connectivity index is 4.23. The summed E-state index contributed by atoms with van der Waals surface area (Å²) in [6.07, 6.45) is 55.3. The van der Waals surface area contributed by atoms with Crippen molar-refractivity contribution < 1.29 is 28.6 Å². The molecular formula is C59H114O6. The van der Waals surface area contributed by atoms with Crippen molar-refractivity contribution in [2.24, 2.45) is 11.8 Å². The monoisotopic (exact) mass is 919 g/mol. The molecule has 0 radical (unpaired) electrons. The number of hydrogen-bond donors (Lipinski definition) is 0. The lowest BCUT2D eigenvalue weighted by molar-refractivity contribution is -0.167. The fourth-order valence-corrected chi connectivity index (χ4v) is 9.05. The molecule has 0 amide bonds. The van der Waals surface area contributed by atoms with Crippen LogP contribution in [0.25, 0.3) is 0 Å². The largest absolute Gasteiger partial charge is 0.462 e. The molecule has 0 N–H and O–H groups in total. The fraction of sp³-hybridized carbons (Fsp3) is 0.949. The second-order valence-corrected chi connectivity index (χ2v) is 21.2. The van der Waals surface area contributed by atoms with E-state index in [1.807, 2.05) is 0 Å². The summed E-state index contributed by atoms with van der Waals surface area (Å²) in [5.41, 5.74) is 0. The maximum atomic E-state index is 12.8. The Morgan fingerprint density at radius 1 is 0.292 bits per heavy atom. The lowest BCUT2D eigenvalue weighted by atomic mass is 10.0. The highest BCUT2D eigenvalue weighted by Gasteiger charge is 2.19. The van der Waals surface area contributed by atoms with Crippen LogP contribution in [-0.2, 0) is 28.6 Å². The molecule has 0 aliphatic heterocycles. The molecule has 0 aliphatic carbocycles. The zero-order valence-electron chi connectivity index (χ0n) is 44.6. The lowest BCUT2D eigenvalue weighted by Gasteiger charge is -2.18. The molecule has 0 aromatic carbocycles. The molecule has 1 atom stereocenters. The molecule has 0 spiro atoms. The molecule has 0 saturated carbocycles. The van der Waals surface area contributed by atoms with Gasteiger partial charge in [-0.25, -0.2) is 0 Å². The Hall–Kier alpha value is -1.59. The van der Waals surface area contributed by atoms with E-state index in [1.165, 1.54) is 218 Å². The minimum Gasteiger partial charge on any atom is -0.462 e. The summed E-state index contributed by atoms with van der Waals surface area (Å²) in [5, 5.41) is 0. The topological polar surface area (TPSA) is 78.9 Å². The van der Waals surface area contributed by atoms with E-state index in [9.17, 15) is 14.4 Å². The van der Waals surface area contributed by atoms with E-state index in [1.54, 1.807) is 0 Å². The lowest BCUT2D eigenvalue weighted by Crippen LogP contribution is -2.30. The molecule has 6 nitrogen and oxygen atoms in total. The standard InChI is InChI=1S/C59H114O6/c1-6-7-8-9-10-11-12-13-21-25-30-36-41-46-51-59(62)65-56(53-64-58(61)50-45-40-35-31-26-28-33-38-43-48-55(4)5)52-63-57(60)49-44-39-34-29-24-22-19-17-15-14-16-18-20-23-27-32-37-42-47-54(2)3/h54-56H,6-53H2,1-5H3/t56-/m1/s1. The van der Waals surface area contributed by atoms with Crippen LogP contribution in [0, 0.1) is 11.8 Å². The van der Waals surface area contributed by atoms with E-state index >= 15 is 0 Å². The van der Waals surface area contributed by atoms with E-state index in [2.05, 4.69) is 34.6 Å². The second-order valence-electron chi connectivity index (χ2n) is 21.2. The van der Waals surface area contributed by atoms with Gasteiger partial charge >= 0.3 is 17.9 Å². The summed E-state index contributed by atoms with van der Waals surface area (Å²) in [6.45, 7) is 11.4. The Kier molecular flexibility index (Phi) is 50.5. The van der Waals surface area contributed by atoms with Crippen LogP contribution in [0.5, 0.6) is 0 Å². The summed E-state index contributed by atoms with van der Waals surface area (Å²) in [5.74, 6) is 0.828. The number of carbonyl (C=O) groups is 3. The third kappa shape index (κ3) is 53.2. The van der Waals surface area contributed by atoms with Gasteiger partial charge in [0.15, 0.2) is 6.10 Å². The van der Waals surface area contributed by atoms with Crippen LogP contribution in [0.3, 0.4) is 0 Å². The number of carbonyl (C=O) groups excluding carboxylic acids is 3. The Labute approximate surface area is 406 Å². The van der Waals surface area contributed by atoms with Crippen molar-refractivity contribution >= 4 is 17.9 Å². The van der Waals surface area contributed by atoms with E-state index in [0.29, 0.717) is 19.3 Å². The highest BCUT2D eigenvalue weighted by atomic mass is 16.6. The molecule has 0 aliphatic rings. The number of unbranched alkanes of at least 4 members (excludes halogenated alkanes) is 38. The van der Waals surface area contributed by atoms with Gasteiger partial charge in [0.25, 0.3) is 0 Å². The minimum atomic E-state index is -0.762. The molecule has 0 fully saturated rings. The molecule has 0 heterocycles. The number of ether oxygens (including phenoxy) is 3. The maximum Gasteiger partial charge on any atom is 0.306 e. The first-order valence-corrected chi connectivity index (χ1v) is 29.2. The first-order valence-electron chi connectivity index (χ1n) is 29.2. The van der Waals surface area contributed by atoms with Crippen LogP contribution in [0.1, 0.15) is 330 Å². The summed E-state index contributed by atoms with van der Waals surface area (Å²) in [6, 6.07) is 0. The van der Waals surface area contributed by atoms with Gasteiger partial charge in [-0.2, -0.15) is 0 Å². The van der Waals surface area contributed by atoms with Gasteiger partial charge in [0, 0.05) is 19.3 Å². The fourth-order valence-electron chi connectivity index (χ4n) is 9.05. The first kappa shape index (κ1) is 63.4. The van der Waals surface area contributed by atoms with Gasteiger partial charge in [0.1, 0.15) is 13.2 Å². The van der Waals surface area contributed by atoms with Crippen molar-refractivity contribution in [1.29, 1.82) is 0 Å². The molecule has 65 heavy (non-hydrogen) atoms. The van der Waals surface area contributed by atoms with Gasteiger partial charge in [-0.05, 0) is 31.1 Å². The zero-order chi connectivity index (χ0) is 47.5. The van der Waals surface area contributed by atoms with Crippen LogP contribution in [0.2, 0.25) is 0 Å². The van der Waals surface area contributed by atoms with Crippen LogP contribution in [0.4, 0.5) is 0 Å². The molecule has 0 unspecified atom stereocenters. The molecule has 0 aromatic heterocycles. The Morgan fingerprint density at radius 3 is 0.754 bits per heavy atom. The van der Waals surface area contributed by atoms with Crippen LogP contribution >= 0.6 is 0 Å². The van der Waals surface area contributed by atoms with Crippen LogP contribution < -0.4 is 0 Å². The molecular weight excluding hydrogens is 805 g/mol. The number of esters is 3. The van der Waals surface area contributed by atoms with Crippen LogP contribution in [-0.4, -0.2) is 37.2 Å². The quantitative estimate of drug-likeness (QED) is 0.0344. The van der Waals surface area contributed by atoms with Crippen LogP contribution in [0.15, 0.2) is 0 Å². The van der Waals surface area contributed by atoms with Gasteiger partial charge in [0.2, 0.25) is 0 Å². The summed E-state index contributed by atoms with van der Waals surface area (Å²) in [4.78, 5) is 38.1. The van der Waals surface area contributed by atoms with E-state index < -0.39 is 6.10 Å². The molecule has 0 aromatic rings. The predicted octanol–water partition coefficient (Wildman–Crippen LogP) is 19.3. The van der Waals surface area contributed by atoms with Crippen molar-refractivity contribution in [1.82, 2.24) is 0 Å². The van der Waals surface area contributed by atoms with E-state index in [4.69, 9.17) is 14.2 Å². The third-order valence-corrected chi connectivity index (χ3v) is 13.5. The van der Waals surface area contributed by atoms with Gasteiger partial charge in [-0.1, -0.05) is 291 Å². The minimum absolute atomic E-state index is 0.0628. The smallest absolute Gasteiger partial charge is 0.306 e. The summed E-state index contributed by atoms with van der Waals surface area (Å²) in [7, 11) is 0. The Morgan fingerprint density at radius 2 is 0.508 bits per heavy atom. The highest BCUT2D eigenvalue weighted by Crippen LogP contribution is 2.18. The summed E-state index contributed by atoms with van der Waals surface area (Å²) >= 11 is 0. The molecule has 6 heteroatoms. The van der Waals surface area contributed by atoms with Crippen molar-refractivity contribution in [2.45, 2.75) is 336 Å².